The van der Waals surface area contributed by atoms with Crippen LogP contribution in [0.1, 0.15) is 5.56 Å². The summed E-state index contributed by atoms with van der Waals surface area (Å²) in [7, 11) is 0. The van der Waals surface area contributed by atoms with Crippen molar-refractivity contribution in [2.24, 2.45) is 5.73 Å². The summed E-state index contributed by atoms with van der Waals surface area (Å²) < 4.78 is 5.13. The van der Waals surface area contributed by atoms with Crippen molar-refractivity contribution in [3.63, 3.8) is 0 Å². The monoisotopic (exact) mass is 213 g/mol. The molecule has 0 fully saturated rings. The van der Waals surface area contributed by atoms with Gasteiger partial charge in [0.15, 0.2) is 5.43 Å². The Morgan fingerprint density at radius 2 is 2.12 bits per heavy atom. The Balaban J connectivity index is 2.61. The van der Waals surface area contributed by atoms with E-state index in [1.54, 1.807) is 18.2 Å². The molecule has 2 N–H and O–H groups in total. The number of hydrogen-bond donors (Lipinski definition) is 1. The highest BCUT2D eigenvalue weighted by atomic mass is 16.3. The van der Waals surface area contributed by atoms with Crippen LogP contribution < -0.4 is 11.2 Å². The third-order valence-corrected chi connectivity index (χ3v) is 1.99. The molecule has 1 amide bonds. The van der Waals surface area contributed by atoms with Gasteiger partial charge in [0.2, 0.25) is 0 Å². The molecule has 1 heterocycles. The predicted octanol–water partition coefficient (Wildman–Crippen LogP) is 0.630. The van der Waals surface area contributed by atoms with Crippen molar-refractivity contribution >= 4 is 16.9 Å². The van der Waals surface area contributed by atoms with E-state index >= 15 is 0 Å². The van der Waals surface area contributed by atoms with Crippen molar-refractivity contribution in [1.82, 2.24) is 0 Å². The summed E-state index contributed by atoms with van der Waals surface area (Å²) in [6.07, 6.45) is 1.33. The van der Waals surface area contributed by atoms with E-state index in [0.717, 1.165) is 0 Å². The fraction of sp³-hybridized carbons (Fsp3) is 0. The lowest BCUT2D eigenvalue weighted by molar-refractivity contribution is -0.112. The van der Waals surface area contributed by atoms with Gasteiger partial charge in [0.05, 0.1) is 11.6 Å². The normalized spacial score (nSPS) is 9.50. The minimum Gasteiger partial charge on any atom is -0.464 e. The van der Waals surface area contributed by atoms with E-state index in [-0.39, 0.29) is 5.43 Å². The average molecular weight is 213 g/mol. The van der Waals surface area contributed by atoms with Crippen LogP contribution in [0.25, 0.3) is 11.0 Å². The summed E-state index contributed by atoms with van der Waals surface area (Å²) in [5.74, 6) is 4.05. The molecule has 0 spiro atoms. The minimum atomic E-state index is -0.708. The summed E-state index contributed by atoms with van der Waals surface area (Å²) in [5, 5.41) is 0.429. The van der Waals surface area contributed by atoms with Crippen LogP contribution in [-0.2, 0) is 4.79 Å². The molecule has 0 aliphatic rings. The van der Waals surface area contributed by atoms with Crippen LogP contribution >= 0.6 is 0 Å². The smallest absolute Gasteiger partial charge is 0.293 e. The topological polar surface area (TPSA) is 73.3 Å². The molecule has 4 heteroatoms. The molecule has 16 heavy (non-hydrogen) atoms. The number of carbonyl (C=O) groups excluding carboxylic acids is 1. The second-order valence-corrected chi connectivity index (χ2v) is 3.11. The fourth-order valence-electron chi connectivity index (χ4n) is 1.30. The number of fused-ring (bicyclic) bond motifs is 1. The van der Waals surface area contributed by atoms with Crippen LogP contribution in [0, 0.1) is 11.8 Å². The molecule has 1 aromatic carbocycles. The molecule has 0 atom stereocenters. The third kappa shape index (κ3) is 1.93. The zero-order valence-corrected chi connectivity index (χ0v) is 8.19. The van der Waals surface area contributed by atoms with Crippen LogP contribution in [0.15, 0.2) is 39.7 Å². The molecule has 1 aromatic heterocycles. The zero-order valence-electron chi connectivity index (χ0n) is 8.19. The van der Waals surface area contributed by atoms with E-state index in [1.807, 2.05) is 0 Å². The van der Waals surface area contributed by atoms with Gasteiger partial charge in [-0.05, 0) is 24.1 Å². The second-order valence-electron chi connectivity index (χ2n) is 3.11. The van der Waals surface area contributed by atoms with E-state index < -0.39 is 5.91 Å². The summed E-state index contributed by atoms with van der Waals surface area (Å²) in [6, 6.07) is 6.17. The van der Waals surface area contributed by atoms with Gasteiger partial charge in [-0.25, -0.2) is 0 Å². The van der Waals surface area contributed by atoms with Crippen LogP contribution in [0.4, 0.5) is 0 Å². The van der Waals surface area contributed by atoms with E-state index in [1.165, 1.54) is 12.3 Å². The highest BCUT2D eigenvalue weighted by molar-refractivity contribution is 5.92. The zero-order chi connectivity index (χ0) is 11.5. The molecule has 2 rings (SSSR count). The first-order chi connectivity index (χ1) is 7.66. The van der Waals surface area contributed by atoms with Gasteiger partial charge in [0.1, 0.15) is 5.58 Å². The van der Waals surface area contributed by atoms with E-state index in [9.17, 15) is 9.59 Å². The minimum absolute atomic E-state index is 0.149. The van der Waals surface area contributed by atoms with Crippen LogP contribution in [-0.4, -0.2) is 5.91 Å². The highest BCUT2D eigenvalue weighted by Gasteiger charge is 1.99. The van der Waals surface area contributed by atoms with Crippen molar-refractivity contribution in [2.45, 2.75) is 0 Å². The number of carbonyl (C=O) groups is 1. The Bertz CT molecular complexity index is 674. The molecule has 2 aromatic rings. The third-order valence-electron chi connectivity index (χ3n) is 1.99. The molecule has 0 radical (unpaired) electrons. The predicted molar refractivity (Wildman–Crippen MR) is 58.6 cm³/mol. The van der Waals surface area contributed by atoms with Crippen molar-refractivity contribution in [3.8, 4) is 11.8 Å². The maximum Gasteiger partial charge on any atom is 0.293 e. The molecule has 0 unspecified atom stereocenters. The second kappa shape index (κ2) is 3.91. The standard InChI is InChI=1S/C12H7NO3/c13-12(15)4-2-8-1-3-11-9(7-8)10(14)5-6-16-11/h1,3,5-7H,(H2,13,15). The van der Waals surface area contributed by atoms with Gasteiger partial charge in [-0.1, -0.05) is 5.92 Å². The van der Waals surface area contributed by atoms with Crippen LogP contribution in [0.5, 0.6) is 0 Å². The number of hydrogen-bond acceptors (Lipinski definition) is 3. The molecule has 4 nitrogen and oxygen atoms in total. The Kier molecular flexibility index (Phi) is 2.44. The highest BCUT2D eigenvalue weighted by Crippen LogP contribution is 2.11. The van der Waals surface area contributed by atoms with Gasteiger partial charge in [0.25, 0.3) is 5.91 Å². The van der Waals surface area contributed by atoms with Gasteiger partial charge in [0, 0.05) is 11.6 Å². The maximum atomic E-state index is 11.5. The first kappa shape index (κ1) is 9.99. The van der Waals surface area contributed by atoms with Crippen molar-refractivity contribution in [1.29, 1.82) is 0 Å². The van der Waals surface area contributed by atoms with Crippen LogP contribution in [0.2, 0.25) is 0 Å². The summed E-state index contributed by atoms with van der Waals surface area (Å²) in [6.45, 7) is 0. The SMILES string of the molecule is NC(=O)C#Cc1ccc2occc(=O)c2c1. The summed E-state index contributed by atoms with van der Waals surface area (Å²) >= 11 is 0. The average Bonchev–Trinajstić information content (AvgIpc) is 2.27. The van der Waals surface area contributed by atoms with Gasteiger partial charge in [-0.15, -0.1) is 0 Å². The van der Waals surface area contributed by atoms with Crippen LogP contribution in [0.3, 0.4) is 0 Å². The van der Waals surface area contributed by atoms with E-state index in [0.29, 0.717) is 16.5 Å². The molecule has 0 aliphatic heterocycles. The molecule has 78 valence electrons. The number of benzene rings is 1. The summed E-state index contributed by atoms with van der Waals surface area (Å²) in [5.41, 5.74) is 5.77. The number of rotatable bonds is 0. The van der Waals surface area contributed by atoms with Crippen molar-refractivity contribution < 1.29 is 9.21 Å². The fourth-order valence-corrected chi connectivity index (χ4v) is 1.30. The van der Waals surface area contributed by atoms with E-state index in [2.05, 4.69) is 11.8 Å². The molecule has 0 saturated carbocycles. The first-order valence-electron chi connectivity index (χ1n) is 4.50. The molecule has 0 saturated heterocycles. The maximum absolute atomic E-state index is 11.5. The quantitative estimate of drug-likeness (QED) is 0.652. The molecule has 0 bridgehead atoms. The largest absolute Gasteiger partial charge is 0.464 e. The number of primary amides is 1. The Morgan fingerprint density at radius 1 is 1.31 bits per heavy atom. The molecular weight excluding hydrogens is 206 g/mol. The lowest BCUT2D eigenvalue weighted by Crippen LogP contribution is -2.06. The van der Waals surface area contributed by atoms with Gasteiger partial charge in [-0.3, -0.25) is 9.59 Å². The van der Waals surface area contributed by atoms with Crippen molar-refractivity contribution in [3.05, 3.63) is 46.3 Å². The lowest BCUT2D eigenvalue weighted by atomic mass is 10.1. The first-order valence-corrected chi connectivity index (χ1v) is 4.50. The van der Waals surface area contributed by atoms with Crippen molar-refractivity contribution in [2.75, 3.05) is 0 Å². The molecule has 0 aliphatic carbocycles. The summed E-state index contributed by atoms with van der Waals surface area (Å²) in [4.78, 5) is 21.9. The van der Waals surface area contributed by atoms with Gasteiger partial charge < -0.3 is 10.2 Å². The van der Waals surface area contributed by atoms with Gasteiger partial charge >= 0.3 is 0 Å². The Hall–Kier alpha value is -2.54. The lowest BCUT2D eigenvalue weighted by Gasteiger charge is -1.95. The molecular formula is C12H7NO3. The van der Waals surface area contributed by atoms with E-state index in [4.69, 9.17) is 10.2 Å². The Labute approximate surface area is 90.7 Å². The Morgan fingerprint density at radius 3 is 2.88 bits per heavy atom. The number of amides is 1. The van der Waals surface area contributed by atoms with Gasteiger partial charge in [-0.2, -0.15) is 0 Å². The number of nitrogens with two attached hydrogens (primary N) is 1.